The Morgan fingerprint density at radius 3 is 0.788 bits per heavy atom. The van der Waals surface area contributed by atoms with Gasteiger partial charge < -0.3 is 108 Å². The van der Waals surface area contributed by atoms with Crippen LogP contribution in [-0.4, -0.2) is 219 Å². The Labute approximate surface area is 711 Å². The van der Waals surface area contributed by atoms with Gasteiger partial charge in [0.05, 0.1) is 25.3 Å². The number of aliphatic hydroxyl groups is 2. The van der Waals surface area contributed by atoms with Crippen LogP contribution in [0.5, 0.6) is 0 Å². The number of nitrogens with one attached hydrogen (secondary N) is 8. The maximum Gasteiger partial charge on any atom is 0.247 e. The predicted molar refractivity (Wildman–Crippen MR) is 476 cm³/mol. The van der Waals surface area contributed by atoms with Crippen molar-refractivity contribution >= 4 is 59.1 Å². The molecule has 686 valence electrons. The minimum atomic E-state index is -1.51. The van der Waals surface area contributed by atoms with Gasteiger partial charge in [-0.1, -0.05) is 154 Å². The van der Waals surface area contributed by atoms with Crippen molar-refractivity contribution in [3.05, 3.63) is 24.3 Å². The topological polar surface area (TPSA) is 522 Å². The zero-order valence-corrected chi connectivity index (χ0v) is 73.7. The first-order valence-electron chi connectivity index (χ1n) is 46.4. The van der Waals surface area contributed by atoms with Gasteiger partial charge in [0.1, 0.15) is 36.3 Å². The maximum atomic E-state index is 14.9. The van der Waals surface area contributed by atoms with E-state index in [1.165, 1.54) is 86.8 Å². The molecular weight excluding hydrogens is 1500 g/mol. The molecule has 10 amide bonds. The molecule has 0 heterocycles. The fraction of sp³-hybridized carbons (Fsp3) is 0.841. The van der Waals surface area contributed by atoms with E-state index in [0.717, 1.165) is 89.9 Å². The number of allylic oxidation sites excluding steroid dienone is 4. The first-order chi connectivity index (χ1) is 57.3. The Balaban J connectivity index is 7.07. The van der Waals surface area contributed by atoms with E-state index in [1.54, 1.807) is 0 Å². The van der Waals surface area contributed by atoms with Crippen molar-refractivity contribution in [2.45, 2.75) is 383 Å². The van der Waals surface area contributed by atoms with E-state index in [0.29, 0.717) is 142 Å². The van der Waals surface area contributed by atoms with E-state index in [1.807, 2.05) is 0 Å². The minimum absolute atomic E-state index is 0.0376. The van der Waals surface area contributed by atoms with Gasteiger partial charge in [-0.15, -0.1) is 0 Å². The molecular formula is C88H172N18O12. The summed E-state index contributed by atoms with van der Waals surface area (Å²) in [6.45, 7) is 5.54. The van der Waals surface area contributed by atoms with Crippen LogP contribution in [0.15, 0.2) is 24.3 Å². The summed E-state index contributed by atoms with van der Waals surface area (Å²) in [5.41, 5.74) is 47.2. The molecule has 0 radical (unpaired) electrons. The molecule has 8 atom stereocenters. The molecule has 0 rings (SSSR count). The normalized spacial score (nSPS) is 13.6. The predicted octanol–water partition coefficient (Wildman–Crippen LogP) is 6.83. The van der Waals surface area contributed by atoms with Crippen LogP contribution < -0.4 is 88.4 Å². The number of unbranched alkanes of at least 4 members (excludes halogenated alkanes) is 29. The van der Waals surface area contributed by atoms with Gasteiger partial charge in [0.15, 0.2) is 0 Å². The Morgan fingerprint density at radius 2 is 0.517 bits per heavy atom. The molecule has 0 saturated carbocycles. The molecule has 30 heteroatoms. The third kappa shape index (κ3) is 60.3. The van der Waals surface area contributed by atoms with E-state index >= 15 is 0 Å². The minimum Gasteiger partial charge on any atom is -0.394 e. The first kappa shape index (κ1) is 112. The Morgan fingerprint density at radius 1 is 0.280 bits per heavy atom. The fourth-order valence-corrected chi connectivity index (χ4v) is 13.9. The van der Waals surface area contributed by atoms with Crippen LogP contribution >= 0.6 is 0 Å². The first-order valence-corrected chi connectivity index (χ1v) is 46.4. The molecule has 0 aliphatic rings. The highest BCUT2D eigenvalue weighted by atomic mass is 16.3. The molecule has 0 saturated heterocycles. The summed E-state index contributed by atoms with van der Waals surface area (Å²) in [7, 11) is 0. The summed E-state index contributed by atoms with van der Waals surface area (Å²) >= 11 is 0. The van der Waals surface area contributed by atoms with Gasteiger partial charge in [-0.3, -0.25) is 47.9 Å². The smallest absolute Gasteiger partial charge is 0.247 e. The van der Waals surface area contributed by atoms with E-state index in [-0.39, 0.29) is 102 Å². The van der Waals surface area contributed by atoms with Gasteiger partial charge in [-0.05, 0) is 232 Å². The quantitative estimate of drug-likeness (QED) is 0.0219. The standard InChI is InChI=1S/C88H172N18O12/c1-3-5-7-9-11-13-15-17-19-21-23-25-27-29-31-55-79(109)97-63-47-67-105(87(117)77(69-107)103-85(115)75(53-37-43-61-93)101-83(113)73(51-35-41-59-91)99-81(111)71(95)49-33-39-57-89)65-45-46-66-106(68-48-64-98-80(110)56-32-30-28-26-24-22-20-18-16-14-12-10-8-6-4-2)88(118)78(70-108)104-86(116)76(54-38-44-62-94)102-84(114)74(52-36-42-60-92)100-82(112)72(96)50-34-40-58-90/h17-20,71-78,107-108H,3-16,21-70,89-96H2,1-2H3,(H,97,109)(H,98,110)(H,99,111)(H,100,112)(H,101,113)(H,102,114)(H,103,115)(H,104,116)/b19-17-,20-18-/t71-,72-,73-,74-,75-,76-,77-,78-/m0/s1. The van der Waals surface area contributed by atoms with Crippen LogP contribution in [0.4, 0.5) is 0 Å². The SMILES string of the molecule is CCCCCCCC/C=C\CCCCCCCC(=O)NCCCN(CCCCN(CCCNC(=O)CCCCCCC/C=C\CCCCCCCC)C(=O)[C@H](CO)NC(=O)[C@H](CCCCN)NC(=O)[C@H](CCCCN)NC(=O)[C@@H](N)CCCCN)C(=O)[C@H](CO)NC(=O)[C@H](CCCCN)NC(=O)[C@H](CCCCN)NC(=O)[C@@H](N)CCCCN. The second-order valence-electron chi connectivity index (χ2n) is 32.1. The van der Waals surface area contributed by atoms with Crippen molar-refractivity contribution in [1.29, 1.82) is 0 Å². The molecule has 30 nitrogen and oxygen atoms in total. The van der Waals surface area contributed by atoms with Crippen molar-refractivity contribution in [3.8, 4) is 0 Å². The number of carbonyl (C=O) groups excluding carboxylic acids is 10. The molecule has 0 fully saturated rings. The summed E-state index contributed by atoms with van der Waals surface area (Å²) in [5, 5.41) is 44.5. The maximum absolute atomic E-state index is 14.9. The Hall–Kier alpha value is -6.22. The van der Waals surface area contributed by atoms with Gasteiger partial charge in [-0.25, -0.2) is 0 Å². The summed E-state index contributed by atoms with van der Waals surface area (Å²) in [6.07, 6.45) is 47.9. The van der Waals surface area contributed by atoms with Crippen LogP contribution in [-0.2, 0) is 47.9 Å². The van der Waals surface area contributed by atoms with Crippen molar-refractivity contribution in [3.63, 3.8) is 0 Å². The highest BCUT2D eigenvalue weighted by Gasteiger charge is 2.34. The third-order valence-corrected chi connectivity index (χ3v) is 21.4. The molecule has 0 aromatic rings. The molecule has 0 spiro atoms. The molecule has 0 aromatic heterocycles. The zero-order chi connectivity index (χ0) is 87.3. The average Bonchev–Trinajstić information content (AvgIpc) is 0.864. The van der Waals surface area contributed by atoms with Gasteiger partial charge >= 0.3 is 0 Å². The molecule has 0 bridgehead atoms. The highest BCUT2D eigenvalue weighted by molar-refractivity contribution is 5.96. The molecule has 0 aliphatic heterocycles. The highest BCUT2D eigenvalue weighted by Crippen LogP contribution is 2.17. The molecule has 0 aromatic carbocycles. The lowest BCUT2D eigenvalue weighted by Gasteiger charge is -2.30. The largest absolute Gasteiger partial charge is 0.394 e. The van der Waals surface area contributed by atoms with Gasteiger partial charge in [-0.2, -0.15) is 0 Å². The van der Waals surface area contributed by atoms with Crippen LogP contribution in [0.25, 0.3) is 0 Å². The van der Waals surface area contributed by atoms with Crippen LogP contribution in [0, 0.1) is 0 Å². The summed E-state index contributed by atoms with van der Waals surface area (Å²) < 4.78 is 0. The Kier molecular flexibility index (Phi) is 75.1. The lowest BCUT2D eigenvalue weighted by molar-refractivity contribution is -0.139. The van der Waals surface area contributed by atoms with Crippen LogP contribution in [0.3, 0.4) is 0 Å². The molecule has 26 N–H and O–H groups in total. The van der Waals surface area contributed by atoms with Crippen molar-refractivity contribution in [1.82, 2.24) is 52.3 Å². The Bertz CT molecular complexity index is 2460. The van der Waals surface area contributed by atoms with Crippen molar-refractivity contribution in [2.75, 3.05) is 91.8 Å². The molecule has 118 heavy (non-hydrogen) atoms. The number of hydrogen-bond donors (Lipinski definition) is 18. The molecule has 0 unspecified atom stereocenters. The number of aliphatic hydroxyl groups excluding tert-OH is 2. The number of rotatable bonds is 83. The van der Waals surface area contributed by atoms with E-state index in [2.05, 4.69) is 80.7 Å². The number of carbonyl (C=O) groups is 10. The monoisotopic (exact) mass is 1670 g/mol. The summed E-state index contributed by atoms with van der Waals surface area (Å²) in [5.74, 6) is -5.51. The zero-order valence-electron chi connectivity index (χ0n) is 73.7. The number of amides is 10. The number of nitrogens with two attached hydrogens (primary N) is 8. The van der Waals surface area contributed by atoms with E-state index in [9.17, 15) is 58.2 Å². The molecule has 0 aliphatic carbocycles. The second-order valence-corrected chi connectivity index (χ2v) is 32.1. The number of hydrogen-bond acceptors (Lipinski definition) is 20. The van der Waals surface area contributed by atoms with Crippen LogP contribution in [0.2, 0.25) is 0 Å². The van der Waals surface area contributed by atoms with Gasteiger partial charge in [0.25, 0.3) is 0 Å². The van der Waals surface area contributed by atoms with E-state index < -0.39 is 109 Å². The van der Waals surface area contributed by atoms with Gasteiger partial charge in [0, 0.05) is 52.1 Å². The lowest BCUT2D eigenvalue weighted by Crippen LogP contribution is -2.58. The average molecular weight is 1670 g/mol. The lowest BCUT2D eigenvalue weighted by atomic mass is 10.0. The summed E-state index contributed by atoms with van der Waals surface area (Å²) in [4.78, 5) is 143. The van der Waals surface area contributed by atoms with Gasteiger partial charge in [0.2, 0.25) is 59.1 Å². The van der Waals surface area contributed by atoms with E-state index in [4.69, 9.17) is 45.9 Å². The van der Waals surface area contributed by atoms with Crippen molar-refractivity contribution < 1.29 is 58.2 Å². The van der Waals surface area contributed by atoms with Crippen LogP contribution in [0.1, 0.15) is 335 Å². The fourth-order valence-electron chi connectivity index (χ4n) is 13.9. The second kappa shape index (κ2) is 79.3. The third-order valence-electron chi connectivity index (χ3n) is 21.4. The van der Waals surface area contributed by atoms with Crippen molar-refractivity contribution in [2.24, 2.45) is 45.9 Å². The number of nitrogens with zero attached hydrogens (tertiary/aromatic N) is 2. The summed E-state index contributed by atoms with van der Waals surface area (Å²) in [6, 6.07) is -9.48.